The maximum Gasteiger partial charge on any atom is 0.325 e. The molecule has 8 nitrogen and oxygen atoms in total. The van der Waals surface area contributed by atoms with E-state index in [1.54, 1.807) is 0 Å². The van der Waals surface area contributed by atoms with E-state index in [2.05, 4.69) is 10.4 Å². The lowest BCUT2D eigenvalue weighted by molar-refractivity contribution is -0.137. The Morgan fingerprint density at radius 3 is 2.50 bits per heavy atom. The molecule has 20 heavy (non-hydrogen) atoms. The molecule has 0 unspecified atom stereocenters. The zero-order chi connectivity index (χ0) is 14.7. The van der Waals surface area contributed by atoms with Crippen molar-refractivity contribution in [2.24, 2.45) is 0 Å². The van der Waals surface area contributed by atoms with Crippen LogP contribution >= 0.6 is 0 Å². The summed E-state index contributed by atoms with van der Waals surface area (Å²) in [5.74, 6) is -2.51. The number of phenolic OH excluding ortho intramolecular Hbond substituents is 2. The summed E-state index contributed by atoms with van der Waals surface area (Å²) in [7, 11) is 0. The summed E-state index contributed by atoms with van der Waals surface area (Å²) in [5, 5.41) is 33.8. The molecule has 1 aromatic carbocycles. The number of aliphatic carboxylic acids is 1. The number of aromatic nitrogens is 2. The van der Waals surface area contributed by atoms with Crippen LogP contribution in [0.3, 0.4) is 0 Å². The molecule has 0 saturated heterocycles. The van der Waals surface area contributed by atoms with E-state index in [0.29, 0.717) is 0 Å². The van der Waals surface area contributed by atoms with Crippen LogP contribution in [0.2, 0.25) is 0 Å². The average Bonchev–Trinajstić information content (AvgIpc) is 2.75. The van der Waals surface area contributed by atoms with E-state index in [1.165, 1.54) is 30.6 Å². The minimum atomic E-state index is -1.07. The summed E-state index contributed by atoms with van der Waals surface area (Å²) in [4.78, 5) is 22.4. The van der Waals surface area contributed by atoms with Gasteiger partial charge in [0.1, 0.15) is 23.6 Å². The molecule has 0 bridgehead atoms. The number of amides is 1. The van der Waals surface area contributed by atoms with Gasteiger partial charge in [-0.2, -0.15) is 5.10 Å². The van der Waals surface area contributed by atoms with E-state index in [1.807, 2.05) is 0 Å². The van der Waals surface area contributed by atoms with Crippen LogP contribution in [0.1, 0.15) is 10.4 Å². The van der Waals surface area contributed by atoms with Crippen molar-refractivity contribution in [2.45, 2.75) is 6.54 Å². The van der Waals surface area contributed by atoms with E-state index in [0.717, 1.165) is 4.68 Å². The van der Waals surface area contributed by atoms with Crippen LogP contribution in [-0.2, 0) is 11.3 Å². The summed E-state index contributed by atoms with van der Waals surface area (Å²) in [6.07, 6.45) is 2.58. The number of anilines is 1. The smallest absolute Gasteiger partial charge is 0.325 e. The SMILES string of the molecule is O=C(O)Cn1cc(NC(=O)c2c(O)cccc2O)cn1. The fourth-order valence-electron chi connectivity index (χ4n) is 1.61. The highest BCUT2D eigenvalue weighted by Gasteiger charge is 2.16. The molecule has 0 aliphatic rings. The van der Waals surface area contributed by atoms with Gasteiger partial charge in [-0.1, -0.05) is 6.07 Å². The van der Waals surface area contributed by atoms with E-state index in [-0.39, 0.29) is 29.3 Å². The number of carbonyl (C=O) groups is 2. The second-order valence-electron chi connectivity index (χ2n) is 3.95. The second kappa shape index (κ2) is 5.31. The van der Waals surface area contributed by atoms with Crippen molar-refractivity contribution in [3.63, 3.8) is 0 Å². The highest BCUT2D eigenvalue weighted by molar-refractivity contribution is 6.07. The summed E-state index contributed by atoms with van der Waals surface area (Å²) in [6.45, 7) is -0.336. The van der Waals surface area contributed by atoms with Gasteiger partial charge in [-0.05, 0) is 12.1 Å². The Morgan fingerprint density at radius 1 is 1.25 bits per heavy atom. The van der Waals surface area contributed by atoms with Gasteiger partial charge in [-0.25, -0.2) is 0 Å². The number of carbonyl (C=O) groups excluding carboxylic acids is 1. The molecular formula is C12H11N3O5. The maximum atomic E-state index is 11.9. The van der Waals surface area contributed by atoms with E-state index < -0.39 is 11.9 Å². The van der Waals surface area contributed by atoms with Crippen LogP contribution in [0.25, 0.3) is 0 Å². The molecule has 104 valence electrons. The number of nitrogens with one attached hydrogen (secondary N) is 1. The fourth-order valence-corrected chi connectivity index (χ4v) is 1.61. The van der Waals surface area contributed by atoms with Gasteiger partial charge in [-0.15, -0.1) is 0 Å². The summed E-state index contributed by atoms with van der Waals surface area (Å²) < 4.78 is 1.13. The molecular weight excluding hydrogens is 266 g/mol. The van der Waals surface area contributed by atoms with Gasteiger partial charge in [0.25, 0.3) is 5.91 Å². The minimum absolute atomic E-state index is 0.249. The van der Waals surface area contributed by atoms with E-state index >= 15 is 0 Å². The van der Waals surface area contributed by atoms with Gasteiger partial charge in [0.15, 0.2) is 0 Å². The first-order valence-electron chi connectivity index (χ1n) is 5.54. The molecule has 0 atom stereocenters. The summed E-state index contributed by atoms with van der Waals surface area (Å²) in [6, 6.07) is 3.93. The van der Waals surface area contributed by atoms with Crippen molar-refractivity contribution in [3.8, 4) is 11.5 Å². The Morgan fingerprint density at radius 2 is 1.90 bits per heavy atom. The van der Waals surface area contributed by atoms with Crippen LogP contribution in [0.5, 0.6) is 11.5 Å². The summed E-state index contributed by atoms with van der Waals surface area (Å²) >= 11 is 0. The predicted octanol–water partition coefficient (Wildman–Crippen LogP) is 0.631. The molecule has 1 aromatic heterocycles. The number of rotatable bonds is 4. The molecule has 0 aliphatic carbocycles. The zero-order valence-electron chi connectivity index (χ0n) is 10.1. The van der Waals surface area contributed by atoms with Gasteiger partial charge < -0.3 is 20.6 Å². The number of phenols is 2. The second-order valence-corrected chi connectivity index (χ2v) is 3.95. The number of benzene rings is 1. The molecule has 2 aromatic rings. The van der Waals surface area contributed by atoms with Crippen LogP contribution in [-0.4, -0.2) is 37.0 Å². The van der Waals surface area contributed by atoms with Crippen molar-refractivity contribution in [1.82, 2.24) is 9.78 Å². The third-order valence-electron chi connectivity index (χ3n) is 2.44. The first-order chi connectivity index (χ1) is 9.47. The quantitative estimate of drug-likeness (QED) is 0.649. The number of aromatic hydroxyl groups is 2. The lowest BCUT2D eigenvalue weighted by atomic mass is 10.1. The standard InChI is InChI=1S/C12H11N3O5/c16-8-2-1-3-9(17)11(8)12(20)14-7-4-13-15(5-7)6-10(18)19/h1-5,16-17H,6H2,(H,14,20)(H,18,19). The molecule has 0 spiro atoms. The van der Waals surface area contributed by atoms with Gasteiger partial charge in [-0.3, -0.25) is 14.3 Å². The molecule has 0 saturated carbocycles. The maximum absolute atomic E-state index is 11.9. The van der Waals surface area contributed by atoms with Crippen molar-refractivity contribution < 1.29 is 24.9 Å². The third-order valence-corrected chi connectivity index (χ3v) is 2.44. The van der Waals surface area contributed by atoms with Crippen LogP contribution in [0.4, 0.5) is 5.69 Å². The van der Waals surface area contributed by atoms with Crippen molar-refractivity contribution in [3.05, 3.63) is 36.2 Å². The van der Waals surface area contributed by atoms with Crippen molar-refractivity contribution in [2.75, 3.05) is 5.32 Å². The average molecular weight is 277 g/mol. The normalized spacial score (nSPS) is 10.2. The molecule has 0 radical (unpaired) electrons. The van der Waals surface area contributed by atoms with Gasteiger partial charge in [0.05, 0.1) is 11.9 Å². The monoisotopic (exact) mass is 277 g/mol. The Kier molecular flexibility index (Phi) is 3.56. The topological polar surface area (TPSA) is 125 Å². The number of carboxylic acids is 1. The molecule has 0 fully saturated rings. The van der Waals surface area contributed by atoms with Gasteiger partial charge in [0.2, 0.25) is 0 Å². The molecule has 1 amide bonds. The van der Waals surface area contributed by atoms with Gasteiger partial charge in [0, 0.05) is 6.20 Å². The largest absolute Gasteiger partial charge is 0.507 e. The minimum Gasteiger partial charge on any atom is -0.507 e. The fraction of sp³-hybridized carbons (Fsp3) is 0.0833. The zero-order valence-corrected chi connectivity index (χ0v) is 10.1. The van der Waals surface area contributed by atoms with E-state index in [4.69, 9.17) is 5.11 Å². The number of hydrogen-bond acceptors (Lipinski definition) is 5. The van der Waals surface area contributed by atoms with E-state index in [9.17, 15) is 19.8 Å². The Balaban J connectivity index is 2.16. The molecule has 2 rings (SSSR count). The molecule has 4 N–H and O–H groups in total. The van der Waals surface area contributed by atoms with Crippen LogP contribution in [0, 0.1) is 0 Å². The van der Waals surface area contributed by atoms with Crippen LogP contribution in [0.15, 0.2) is 30.6 Å². The summed E-state index contributed by atoms with van der Waals surface area (Å²) in [5.41, 5.74) is -0.0163. The lowest BCUT2D eigenvalue weighted by Crippen LogP contribution is -2.12. The van der Waals surface area contributed by atoms with Crippen molar-refractivity contribution in [1.29, 1.82) is 0 Å². The first-order valence-corrected chi connectivity index (χ1v) is 5.54. The van der Waals surface area contributed by atoms with Crippen molar-refractivity contribution >= 4 is 17.6 Å². The van der Waals surface area contributed by atoms with Crippen LogP contribution < -0.4 is 5.32 Å². The number of carboxylic acid groups (broad SMARTS) is 1. The predicted molar refractivity (Wildman–Crippen MR) is 67.6 cm³/mol. The number of hydrogen-bond donors (Lipinski definition) is 4. The first kappa shape index (κ1) is 13.4. The third kappa shape index (κ3) is 2.86. The number of nitrogens with zero attached hydrogens (tertiary/aromatic N) is 2. The highest BCUT2D eigenvalue weighted by Crippen LogP contribution is 2.26. The molecule has 0 aliphatic heterocycles. The Labute approximate surface area is 112 Å². The Bertz CT molecular complexity index is 645. The van der Waals surface area contributed by atoms with Gasteiger partial charge >= 0.3 is 5.97 Å². The molecule has 8 heteroatoms. The lowest BCUT2D eigenvalue weighted by Gasteiger charge is -2.06. The highest BCUT2D eigenvalue weighted by atomic mass is 16.4. The molecule has 1 heterocycles. The Hall–Kier alpha value is -3.03.